The standard InChI is InChI=1S/C24H26N6O4/c1-28(2)12-13-30-20-15-19(6-7-21(20)34-24(30)33)27-23(32)17-4-3-5-18(14-17)26-22(31)8-10-29-11-9-25-16-29/h3-7,9,11,14-16H,8,10,12-13H2,1-2H3,(H,26,31)(H,27,32). The summed E-state index contributed by atoms with van der Waals surface area (Å²) >= 11 is 0. The van der Waals surface area contributed by atoms with Crippen molar-refractivity contribution in [3.63, 3.8) is 0 Å². The topological polar surface area (TPSA) is 114 Å². The number of fused-ring (bicyclic) bond motifs is 1. The van der Waals surface area contributed by atoms with Crippen LogP contribution in [0, 0.1) is 0 Å². The van der Waals surface area contributed by atoms with Gasteiger partial charge in [-0.1, -0.05) is 6.07 Å². The fourth-order valence-electron chi connectivity index (χ4n) is 3.47. The lowest BCUT2D eigenvalue weighted by molar-refractivity contribution is -0.116. The van der Waals surface area contributed by atoms with Crippen LogP contribution in [0.2, 0.25) is 0 Å². The number of oxazole rings is 1. The van der Waals surface area contributed by atoms with Gasteiger partial charge in [0.05, 0.1) is 11.8 Å². The number of likely N-dealkylation sites (N-methyl/N-ethyl adjacent to an activating group) is 1. The number of nitrogens with one attached hydrogen (secondary N) is 2. The van der Waals surface area contributed by atoms with E-state index in [-0.39, 0.29) is 18.2 Å². The van der Waals surface area contributed by atoms with Gasteiger partial charge in [-0.25, -0.2) is 9.78 Å². The van der Waals surface area contributed by atoms with Crippen LogP contribution in [0.4, 0.5) is 11.4 Å². The SMILES string of the molecule is CN(C)CCn1c(=O)oc2ccc(NC(=O)c3cccc(NC(=O)CCn4ccnc4)c3)cc21. The zero-order chi connectivity index (χ0) is 24.1. The lowest BCUT2D eigenvalue weighted by Gasteiger charge is -2.10. The molecule has 34 heavy (non-hydrogen) atoms. The van der Waals surface area contributed by atoms with Crippen molar-refractivity contribution in [2.45, 2.75) is 19.5 Å². The molecule has 2 aromatic carbocycles. The first-order chi connectivity index (χ1) is 16.4. The molecule has 176 valence electrons. The number of hydrogen-bond donors (Lipinski definition) is 2. The number of hydrogen-bond acceptors (Lipinski definition) is 6. The number of aromatic nitrogens is 3. The summed E-state index contributed by atoms with van der Waals surface area (Å²) < 4.78 is 8.67. The van der Waals surface area contributed by atoms with Crippen LogP contribution in [0.1, 0.15) is 16.8 Å². The Labute approximate surface area is 195 Å². The molecule has 0 fully saturated rings. The van der Waals surface area contributed by atoms with Gasteiger partial charge in [-0.3, -0.25) is 14.2 Å². The van der Waals surface area contributed by atoms with Gasteiger partial charge in [0.2, 0.25) is 5.91 Å². The first-order valence-corrected chi connectivity index (χ1v) is 10.8. The molecule has 4 aromatic rings. The van der Waals surface area contributed by atoms with Crippen molar-refractivity contribution in [2.75, 3.05) is 31.3 Å². The van der Waals surface area contributed by atoms with Gasteiger partial charge in [0, 0.05) is 55.4 Å². The first-order valence-electron chi connectivity index (χ1n) is 10.8. The lowest BCUT2D eigenvalue weighted by Crippen LogP contribution is -2.23. The molecule has 2 amide bonds. The lowest BCUT2D eigenvalue weighted by atomic mass is 10.1. The zero-order valence-electron chi connectivity index (χ0n) is 19.0. The number of benzene rings is 2. The summed E-state index contributed by atoms with van der Waals surface area (Å²) in [7, 11) is 3.85. The maximum atomic E-state index is 12.8. The van der Waals surface area contributed by atoms with Crippen LogP contribution < -0.4 is 16.4 Å². The molecule has 0 saturated heterocycles. The first kappa shape index (κ1) is 23.0. The Morgan fingerprint density at radius 3 is 2.65 bits per heavy atom. The van der Waals surface area contributed by atoms with Crippen molar-refractivity contribution in [2.24, 2.45) is 0 Å². The highest BCUT2D eigenvalue weighted by Crippen LogP contribution is 2.20. The van der Waals surface area contributed by atoms with E-state index in [0.717, 1.165) is 0 Å². The van der Waals surface area contributed by atoms with Gasteiger partial charge < -0.3 is 24.5 Å². The van der Waals surface area contributed by atoms with Gasteiger partial charge in [-0.05, 0) is 50.5 Å². The molecular weight excluding hydrogens is 436 g/mol. The van der Waals surface area contributed by atoms with Gasteiger partial charge in [0.25, 0.3) is 5.91 Å². The maximum Gasteiger partial charge on any atom is 0.419 e. The van der Waals surface area contributed by atoms with Gasteiger partial charge in [-0.2, -0.15) is 0 Å². The van der Waals surface area contributed by atoms with Crippen LogP contribution in [0.25, 0.3) is 11.1 Å². The highest BCUT2D eigenvalue weighted by atomic mass is 16.4. The zero-order valence-corrected chi connectivity index (χ0v) is 19.0. The summed E-state index contributed by atoms with van der Waals surface area (Å²) in [5.41, 5.74) is 2.54. The van der Waals surface area contributed by atoms with E-state index in [4.69, 9.17) is 4.42 Å². The predicted molar refractivity (Wildman–Crippen MR) is 129 cm³/mol. The fourth-order valence-corrected chi connectivity index (χ4v) is 3.47. The van der Waals surface area contributed by atoms with Crippen molar-refractivity contribution in [3.05, 3.63) is 77.3 Å². The quantitative estimate of drug-likeness (QED) is 0.395. The Hall–Kier alpha value is -4.18. The molecule has 0 aliphatic rings. The molecular formula is C24H26N6O4. The van der Waals surface area contributed by atoms with Crippen LogP contribution in [0.15, 0.2) is 70.4 Å². The number of imidazole rings is 1. The minimum Gasteiger partial charge on any atom is -0.408 e. The van der Waals surface area contributed by atoms with Crippen molar-refractivity contribution in [3.8, 4) is 0 Å². The highest BCUT2D eigenvalue weighted by Gasteiger charge is 2.13. The summed E-state index contributed by atoms with van der Waals surface area (Å²) in [5.74, 6) is -0.927. The van der Waals surface area contributed by atoms with Gasteiger partial charge in [0.1, 0.15) is 0 Å². The molecule has 2 N–H and O–H groups in total. The average Bonchev–Trinajstić information content (AvgIpc) is 3.43. The van der Waals surface area contributed by atoms with Gasteiger partial charge in [0.15, 0.2) is 5.58 Å². The number of aryl methyl sites for hydroxylation is 1. The summed E-state index contributed by atoms with van der Waals surface area (Å²) in [6.45, 7) is 1.66. The second kappa shape index (κ2) is 10.2. The Morgan fingerprint density at radius 1 is 1.06 bits per heavy atom. The third-order valence-electron chi connectivity index (χ3n) is 5.26. The third-order valence-corrected chi connectivity index (χ3v) is 5.26. The molecule has 0 radical (unpaired) electrons. The number of carbonyl (C=O) groups is 2. The van der Waals surface area contributed by atoms with Crippen LogP contribution in [0.5, 0.6) is 0 Å². The second-order valence-corrected chi connectivity index (χ2v) is 8.14. The molecule has 0 bridgehead atoms. The summed E-state index contributed by atoms with van der Waals surface area (Å²) in [6, 6.07) is 11.8. The largest absolute Gasteiger partial charge is 0.419 e. The molecule has 4 rings (SSSR count). The van der Waals surface area contributed by atoms with E-state index in [2.05, 4.69) is 15.6 Å². The normalized spacial score (nSPS) is 11.1. The van der Waals surface area contributed by atoms with Crippen molar-refractivity contribution < 1.29 is 14.0 Å². The van der Waals surface area contributed by atoms with Gasteiger partial charge >= 0.3 is 5.76 Å². The average molecular weight is 463 g/mol. The van der Waals surface area contributed by atoms with Crippen molar-refractivity contribution in [1.29, 1.82) is 0 Å². The van der Waals surface area contributed by atoms with E-state index >= 15 is 0 Å². The Morgan fingerprint density at radius 2 is 1.88 bits per heavy atom. The monoisotopic (exact) mass is 462 g/mol. The molecule has 0 unspecified atom stereocenters. The molecule has 10 heteroatoms. The maximum absolute atomic E-state index is 12.8. The molecule has 0 atom stereocenters. The second-order valence-electron chi connectivity index (χ2n) is 8.14. The molecule has 0 spiro atoms. The molecule has 0 saturated carbocycles. The number of carbonyl (C=O) groups excluding carboxylic acids is 2. The molecule has 0 aliphatic carbocycles. The Balaban J connectivity index is 1.43. The number of amides is 2. The number of nitrogens with zero attached hydrogens (tertiary/aromatic N) is 4. The Kier molecular flexibility index (Phi) is 6.88. The Bertz CT molecular complexity index is 1350. The summed E-state index contributed by atoms with van der Waals surface area (Å²) in [4.78, 5) is 43.2. The van der Waals surface area contributed by atoms with Gasteiger partial charge in [-0.15, -0.1) is 0 Å². The van der Waals surface area contributed by atoms with E-state index in [1.807, 2.05) is 23.6 Å². The number of rotatable bonds is 9. The van der Waals surface area contributed by atoms with Crippen LogP contribution in [0.3, 0.4) is 0 Å². The smallest absolute Gasteiger partial charge is 0.408 e. The summed E-state index contributed by atoms with van der Waals surface area (Å²) in [6.07, 6.45) is 5.39. The molecule has 2 aromatic heterocycles. The van der Waals surface area contributed by atoms with E-state index < -0.39 is 5.76 Å². The van der Waals surface area contributed by atoms with Crippen LogP contribution in [-0.2, 0) is 17.9 Å². The van der Waals surface area contributed by atoms with Crippen LogP contribution in [-0.4, -0.2) is 51.5 Å². The molecule has 0 aliphatic heterocycles. The van der Waals surface area contributed by atoms with Crippen molar-refractivity contribution in [1.82, 2.24) is 19.0 Å². The number of anilines is 2. The minimum absolute atomic E-state index is 0.160. The third kappa shape index (κ3) is 5.59. The minimum atomic E-state index is -0.434. The fraction of sp³-hybridized carbons (Fsp3) is 0.250. The van der Waals surface area contributed by atoms with E-state index in [1.54, 1.807) is 65.8 Å². The van der Waals surface area contributed by atoms with E-state index in [1.165, 1.54) is 0 Å². The van der Waals surface area contributed by atoms with Crippen molar-refractivity contribution >= 4 is 34.3 Å². The van der Waals surface area contributed by atoms with Crippen LogP contribution >= 0.6 is 0 Å². The summed E-state index contributed by atoms with van der Waals surface area (Å²) in [5, 5.41) is 5.66. The van der Waals surface area contributed by atoms with E-state index in [9.17, 15) is 14.4 Å². The highest BCUT2D eigenvalue weighted by molar-refractivity contribution is 6.06. The molecule has 10 nitrogen and oxygen atoms in total. The van der Waals surface area contributed by atoms with E-state index in [0.29, 0.717) is 47.7 Å². The predicted octanol–water partition coefficient (Wildman–Crippen LogP) is 2.63. The molecule has 2 heterocycles.